The summed E-state index contributed by atoms with van der Waals surface area (Å²) in [7, 11) is 1.69. The minimum atomic E-state index is 0.102. The van der Waals surface area contributed by atoms with E-state index in [0.717, 1.165) is 30.7 Å². The molecule has 0 unspecified atom stereocenters. The highest BCUT2D eigenvalue weighted by Gasteiger charge is 2.30. The maximum Gasteiger partial charge on any atom is 0.122 e. The van der Waals surface area contributed by atoms with Crippen LogP contribution >= 0.6 is 0 Å². The van der Waals surface area contributed by atoms with Crippen LogP contribution in [-0.4, -0.2) is 31.4 Å². The maximum atomic E-state index is 9.71. The lowest BCUT2D eigenvalue weighted by Crippen LogP contribution is -2.40. The average Bonchev–Trinajstić information content (AvgIpc) is 2.43. The van der Waals surface area contributed by atoms with Gasteiger partial charge in [0.25, 0.3) is 0 Å². The van der Waals surface area contributed by atoms with E-state index in [-0.39, 0.29) is 18.6 Å². The van der Waals surface area contributed by atoms with Crippen LogP contribution in [0.1, 0.15) is 23.5 Å². The van der Waals surface area contributed by atoms with Gasteiger partial charge >= 0.3 is 0 Å². The molecule has 0 fully saturated rings. The van der Waals surface area contributed by atoms with Gasteiger partial charge in [0.05, 0.1) is 13.7 Å². The largest absolute Gasteiger partial charge is 0.496 e. The number of aryl methyl sites for hydroxylation is 1. The molecule has 1 aromatic carbocycles. The predicted octanol–water partition coefficient (Wildman–Crippen LogP) is 1.86. The number of aliphatic hydroxyl groups is 1. The molecule has 0 radical (unpaired) electrons. The molecule has 18 heavy (non-hydrogen) atoms. The molecule has 0 spiro atoms. The third kappa shape index (κ3) is 2.42. The van der Waals surface area contributed by atoms with Gasteiger partial charge in [0.15, 0.2) is 0 Å². The molecule has 98 valence electrons. The van der Waals surface area contributed by atoms with E-state index in [4.69, 9.17) is 4.74 Å². The molecule has 3 nitrogen and oxygen atoms in total. The Morgan fingerprint density at radius 1 is 1.56 bits per heavy atom. The second-order valence-corrected chi connectivity index (χ2v) is 4.66. The van der Waals surface area contributed by atoms with Crippen molar-refractivity contribution in [1.29, 1.82) is 0 Å². The summed E-state index contributed by atoms with van der Waals surface area (Å²) in [6, 6.07) is 6.40. The minimum absolute atomic E-state index is 0.102. The van der Waals surface area contributed by atoms with Crippen molar-refractivity contribution < 1.29 is 9.84 Å². The maximum absolute atomic E-state index is 9.71. The van der Waals surface area contributed by atoms with Crippen LogP contribution in [0.15, 0.2) is 30.9 Å². The van der Waals surface area contributed by atoms with Crippen LogP contribution in [0.5, 0.6) is 5.75 Å². The van der Waals surface area contributed by atoms with Crippen LogP contribution in [0, 0.1) is 0 Å². The third-order valence-electron chi connectivity index (χ3n) is 3.68. The topological polar surface area (TPSA) is 41.5 Å². The van der Waals surface area contributed by atoms with Crippen LogP contribution < -0.4 is 10.1 Å². The number of hydrogen-bond donors (Lipinski definition) is 2. The first-order valence-electron chi connectivity index (χ1n) is 6.42. The van der Waals surface area contributed by atoms with Crippen molar-refractivity contribution in [3.63, 3.8) is 0 Å². The molecule has 0 amide bonds. The fraction of sp³-hybridized carbons (Fsp3) is 0.467. The quantitative estimate of drug-likeness (QED) is 0.780. The van der Waals surface area contributed by atoms with E-state index >= 15 is 0 Å². The number of benzene rings is 1. The smallest absolute Gasteiger partial charge is 0.122 e. The summed E-state index contributed by atoms with van der Waals surface area (Å²) in [5.74, 6) is 0.988. The third-order valence-corrected chi connectivity index (χ3v) is 3.68. The summed E-state index contributed by atoms with van der Waals surface area (Å²) < 4.78 is 5.44. The minimum Gasteiger partial charge on any atom is -0.496 e. The average molecular weight is 247 g/mol. The number of rotatable bonds is 5. The Balaban J connectivity index is 2.32. The first-order valence-corrected chi connectivity index (χ1v) is 6.42. The van der Waals surface area contributed by atoms with Crippen molar-refractivity contribution in [2.75, 3.05) is 20.3 Å². The molecule has 2 N–H and O–H groups in total. The van der Waals surface area contributed by atoms with E-state index < -0.39 is 0 Å². The molecule has 1 aliphatic rings. The molecule has 0 bridgehead atoms. The van der Waals surface area contributed by atoms with Crippen molar-refractivity contribution in [3.8, 4) is 5.75 Å². The lowest BCUT2D eigenvalue weighted by molar-refractivity contribution is 0.222. The molecular weight excluding hydrogens is 226 g/mol. The lowest BCUT2D eigenvalue weighted by atomic mass is 9.79. The summed E-state index contributed by atoms with van der Waals surface area (Å²) in [5, 5.41) is 13.1. The van der Waals surface area contributed by atoms with Gasteiger partial charge in [-0.2, -0.15) is 0 Å². The van der Waals surface area contributed by atoms with Crippen molar-refractivity contribution in [2.45, 2.75) is 24.8 Å². The van der Waals surface area contributed by atoms with Crippen molar-refractivity contribution in [3.05, 3.63) is 42.0 Å². The summed E-state index contributed by atoms with van der Waals surface area (Å²) in [6.45, 7) is 4.63. The second-order valence-electron chi connectivity index (χ2n) is 4.66. The van der Waals surface area contributed by atoms with E-state index in [2.05, 4.69) is 18.0 Å². The Bertz CT molecular complexity index is 403. The van der Waals surface area contributed by atoms with Gasteiger partial charge in [0, 0.05) is 24.1 Å². The number of hydrogen-bond acceptors (Lipinski definition) is 3. The summed E-state index contributed by atoms with van der Waals surface area (Å²) in [4.78, 5) is 0. The Morgan fingerprint density at radius 2 is 2.39 bits per heavy atom. The number of ether oxygens (including phenoxy) is 1. The van der Waals surface area contributed by atoms with Gasteiger partial charge in [-0.05, 0) is 24.5 Å². The van der Waals surface area contributed by atoms with Gasteiger partial charge < -0.3 is 15.2 Å². The Hall–Kier alpha value is -1.32. The molecule has 0 aromatic heterocycles. The monoisotopic (exact) mass is 247 g/mol. The lowest BCUT2D eigenvalue weighted by Gasteiger charge is -2.34. The van der Waals surface area contributed by atoms with Gasteiger partial charge in [0.2, 0.25) is 0 Å². The number of fused-ring (bicyclic) bond motifs is 1. The van der Waals surface area contributed by atoms with Gasteiger partial charge in [-0.25, -0.2) is 0 Å². The van der Waals surface area contributed by atoms with E-state index in [1.54, 1.807) is 7.11 Å². The fourth-order valence-electron chi connectivity index (χ4n) is 2.82. The predicted molar refractivity (Wildman–Crippen MR) is 73.1 cm³/mol. The van der Waals surface area contributed by atoms with Crippen LogP contribution in [0.2, 0.25) is 0 Å². The zero-order chi connectivity index (χ0) is 13.0. The Morgan fingerprint density at radius 3 is 3.06 bits per heavy atom. The fourth-order valence-corrected chi connectivity index (χ4v) is 2.82. The van der Waals surface area contributed by atoms with Crippen LogP contribution in [0.4, 0.5) is 0 Å². The van der Waals surface area contributed by atoms with Crippen molar-refractivity contribution in [1.82, 2.24) is 5.32 Å². The normalized spacial score (nSPS) is 22.3. The molecule has 0 aliphatic heterocycles. The molecule has 1 aromatic rings. The summed E-state index contributed by atoms with van der Waals surface area (Å²) in [6.07, 6.45) is 3.92. The second kappa shape index (κ2) is 6.03. The number of methoxy groups -OCH3 is 1. The van der Waals surface area contributed by atoms with Gasteiger partial charge in [-0.3, -0.25) is 0 Å². The van der Waals surface area contributed by atoms with Crippen LogP contribution in [-0.2, 0) is 6.42 Å². The zero-order valence-corrected chi connectivity index (χ0v) is 10.9. The van der Waals surface area contributed by atoms with E-state index in [1.807, 2.05) is 18.2 Å². The highest BCUT2D eigenvalue weighted by molar-refractivity contribution is 5.45. The molecule has 2 atom stereocenters. The molecule has 0 saturated heterocycles. The Labute approximate surface area is 108 Å². The molecule has 2 rings (SSSR count). The van der Waals surface area contributed by atoms with E-state index in [9.17, 15) is 5.11 Å². The molecule has 0 heterocycles. The zero-order valence-electron chi connectivity index (χ0n) is 10.9. The molecule has 3 heteroatoms. The van der Waals surface area contributed by atoms with E-state index in [0.29, 0.717) is 0 Å². The van der Waals surface area contributed by atoms with E-state index in [1.165, 1.54) is 5.56 Å². The van der Waals surface area contributed by atoms with Crippen LogP contribution in [0.25, 0.3) is 0 Å². The Kier molecular flexibility index (Phi) is 4.39. The van der Waals surface area contributed by atoms with Crippen molar-refractivity contribution in [2.24, 2.45) is 0 Å². The first kappa shape index (κ1) is 13.1. The van der Waals surface area contributed by atoms with Gasteiger partial charge in [-0.1, -0.05) is 18.2 Å². The molecule has 0 saturated carbocycles. The highest BCUT2D eigenvalue weighted by atomic mass is 16.5. The SMILES string of the molecule is C=CCN[C@H]1CCc2cccc(OC)c2[C@@H]1CO. The standard InChI is InChI=1S/C15H21NO2/c1-3-9-16-13-8-7-11-5-4-6-14(18-2)15(11)12(13)10-17/h3-6,12-13,16-17H,1,7-10H2,2H3/t12-,13+/m1/s1. The van der Waals surface area contributed by atoms with Gasteiger partial charge in [0.1, 0.15) is 5.75 Å². The summed E-state index contributed by atoms with van der Waals surface area (Å²) >= 11 is 0. The number of aliphatic hydroxyl groups excluding tert-OH is 1. The highest BCUT2D eigenvalue weighted by Crippen LogP contribution is 2.37. The van der Waals surface area contributed by atoms with Crippen LogP contribution in [0.3, 0.4) is 0 Å². The summed E-state index contributed by atoms with van der Waals surface area (Å²) in [5.41, 5.74) is 2.46. The number of nitrogens with one attached hydrogen (secondary N) is 1. The van der Waals surface area contributed by atoms with Gasteiger partial charge in [-0.15, -0.1) is 6.58 Å². The van der Waals surface area contributed by atoms with Crippen molar-refractivity contribution >= 4 is 0 Å². The molecular formula is C15H21NO2. The molecule has 1 aliphatic carbocycles. The first-order chi connectivity index (χ1) is 8.81.